The van der Waals surface area contributed by atoms with Gasteiger partial charge in [-0.25, -0.2) is 0 Å². The smallest absolute Gasteiger partial charge is 0.154 e. The van der Waals surface area contributed by atoms with Crippen molar-refractivity contribution in [2.75, 3.05) is 20.3 Å². The van der Waals surface area contributed by atoms with E-state index in [4.69, 9.17) is 14.2 Å². The second kappa shape index (κ2) is 6.95. The third kappa shape index (κ3) is 4.72. The molecule has 0 spiro atoms. The first-order valence-electron chi connectivity index (χ1n) is 4.56. The highest BCUT2D eigenvalue weighted by molar-refractivity contribution is 7.07. The highest BCUT2D eigenvalue weighted by Gasteiger charge is 1.98. The number of methoxy groups -OCH3 is 1. The molecule has 0 bridgehead atoms. The average molecular weight is 216 g/mol. The largest absolute Gasteiger partial charge is 0.374 e. The number of hydrogen-bond donors (Lipinski definition) is 0. The fourth-order valence-corrected chi connectivity index (χ4v) is 1.56. The van der Waals surface area contributed by atoms with Gasteiger partial charge in [-0.3, -0.25) is 0 Å². The fourth-order valence-electron chi connectivity index (χ4n) is 0.906. The predicted molar refractivity (Wildman–Crippen MR) is 56.4 cm³/mol. The molecule has 3 nitrogen and oxygen atoms in total. The van der Waals surface area contributed by atoms with Crippen LogP contribution in [0.25, 0.3) is 0 Å². The van der Waals surface area contributed by atoms with Crippen molar-refractivity contribution in [1.29, 1.82) is 0 Å². The highest BCUT2D eigenvalue weighted by Crippen LogP contribution is 2.06. The maximum absolute atomic E-state index is 5.40. The van der Waals surface area contributed by atoms with Crippen molar-refractivity contribution in [3.63, 3.8) is 0 Å². The lowest BCUT2D eigenvalue weighted by Crippen LogP contribution is -2.14. The maximum atomic E-state index is 5.40. The van der Waals surface area contributed by atoms with Crippen molar-refractivity contribution >= 4 is 11.3 Å². The Morgan fingerprint density at radius 3 is 2.93 bits per heavy atom. The second-order valence-corrected chi connectivity index (χ2v) is 3.64. The molecule has 0 aliphatic heterocycles. The van der Waals surface area contributed by atoms with Crippen LogP contribution in [0.15, 0.2) is 16.8 Å². The molecule has 0 fully saturated rings. The van der Waals surface area contributed by atoms with Crippen molar-refractivity contribution in [3.8, 4) is 0 Å². The molecule has 0 amide bonds. The first kappa shape index (κ1) is 11.7. The molecule has 4 heteroatoms. The first-order valence-corrected chi connectivity index (χ1v) is 5.50. The van der Waals surface area contributed by atoms with Gasteiger partial charge in [0.05, 0.1) is 19.8 Å². The van der Waals surface area contributed by atoms with Crippen molar-refractivity contribution in [2.24, 2.45) is 0 Å². The summed E-state index contributed by atoms with van der Waals surface area (Å²) in [5.74, 6) is 0. The standard InChI is InChI=1S/C10H16O3S/c1-9(11-2)13-5-4-12-7-10-3-6-14-8-10/h3,6,8-9H,4-5,7H2,1-2H3. The van der Waals surface area contributed by atoms with E-state index in [1.54, 1.807) is 18.4 Å². The Morgan fingerprint density at radius 1 is 1.43 bits per heavy atom. The van der Waals surface area contributed by atoms with Crippen LogP contribution >= 0.6 is 11.3 Å². The van der Waals surface area contributed by atoms with E-state index in [-0.39, 0.29) is 6.29 Å². The minimum absolute atomic E-state index is 0.153. The maximum Gasteiger partial charge on any atom is 0.154 e. The Hall–Kier alpha value is -0.420. The molecular weight excluding hydrogens is 200 g/mol. The summed E-state index contributed by atoms with van der Waals surface area (Å²) in [6.45, 7) is 3.69. The molecule has 0 aliphatic carbocycles. The summed E-state index contributed by atoms with van der Waals surface area (Å²) in [5.41, 5.74) is 1.22. The van der Waals surface area contributed by atoms with Crippen molar-refractivity contribution < 1.29 is 14.2 Å². The molecule has 1 aromatic rings. The summed E-state index contributed by atoms with van der Waals surface area (Å²) in [4.78, 5) is 0. The van der Waals surface area contributed by atoms with Crippen molar-refractivity contribution in [2.45, 2.75) is 19.8 Å². The van der Waals surface area contributed by atoms with E-state index in [0.29, 0.717) is 19.8 Å². The monoisotopic (exact) mass is 216 g/mol. The predicted octanol–water partition coefficient (Wildman–Crippen LogP) is 2.27. The molecule has 0 aliphatic rings. The molecule has 1 rings (SSSR count). The van der Waals surface area contributed by atoms with Gasteiger partial charge < -0.3 is 14.2 Å². The van der Waals surface area contributed by atoms with E-state index in [9.17, 15) is 0 Å². The average Bonchev–Trinajstić information content (AvgIpc) is 2.69. The number of ether oxygens (including phenoxy) is 3. The summed E-state index contributed by atoms with van der Waals surface area (Å²) in [6, 6.07) is 2.06. The Kier molecular flexibility index (Phi) is 5.78. The second-order valence-electron chi connectivity index (χ2n) is 2.86. The molecule has 0 N–H and O–H groups in total. The van der Waals surface area contributed by atoms with Crippen LogP contribution in [0.4, 0.5) is 0 Å². The molecule has 0 saturated heterocycles. The van der Waals surface area contributed by atoms with Crippen LogP contribution in [0.2, 0.25) is 0 Å². The quantitative estimate of drug-likeness (QED) is 0.517. The Bertz CT molecular complexity index is 223. The molecule has 1 aromatic heterocycles. The third-order valence-corrected chi connectivity index (χ3v) is 2.49. The molecule has 80 valence electrons. The SMILES string of the molecule is COC(C)OCCOCc1ccsc1. The Balaban J connectivity index is 1.95. The molecule has 1 atom stereocenters. The van der Waals surface area contributed by atoms with Gasteiger partial charge >= 0.3 is 0 Å². The summed E-state index contributed by atoms with van der Waals surface area (Å²) in [6.07, 6.45) is -0.153. The zero-order chi connectivity index (χ0) is 10.2. The number of hydrogen-bond acceptors (Lipinski definition) is 4. The van der Waals surface area contributed by atoms with Crippen LogP contribution in [-0.2, 0) is 20.8 Å². The van der Waals surface area contributed by atoms with Gasteiger partial charge in [-0.1, -0.05) is 0 Å². The van der Waals surface area contributed by atoms with E-state index in [1.165, 1.54) is 5.56 Å². The van der Waals surface area contributed by atoms with Gasteiger partial charge in [-0.05, 0) is 29.3 Å². The lowest BCUT2D eigenvalue weighted by molar-refractivity contribution is -0.122. The zero-order valence-electron chi connectivity index (χ0n) is 8.56. The lowest BCUT2D eigenvalue weighted by Gasteiger charge is -2.10. The van der Waals surface area contributed by atoms with Crippen molar-refractivity contribution in [3.05, 3.63) is 22.4 Å². The lowest BCUT2D eigenvalue weighted by atomic mass is 10.4. The van der Waals surface area contributed by atoms with Gasteiger partial charge in [-0.2, -0.15) is 11.3 Å². The van der Waals surface area contributed by atoms with Crippen LogP contribution in [0.1, 0.15) is 12.5 Å². The topological polar surface area (TPSA) is 27.7 Å². The first-order chi connectivity index (χ1) is 6.83. The van der Waals surface area contributed by atoms with Gasteiger partial charge in [-0.15, -0.1) is 0 Å². The van der Waals surface area contributed by atoms with Gasteiger partial charge in [0.15, 0.2) is 6.29 Å². The van der Waals surface area contributed by atoms with Gasteiger partial charge in [0.2, 0.25) is 0 Å². The zero-order valence-corrected chi connectivity index (χ0v) is 9.38. The van der Waals surface area contributed by atoms with Gasteiger partial charge in [0.1, 0.15) is 0 Å². The van der Waals surface area contributed by atoms with E-state index in [1.807, 2.05) is 12.3 Å². The van der Waals surface area contributed by atoms with E-state index in [0.717, 1.165) is 0 Å². The minimum atomic E-state index is -0.153. The van der Waals surface area contributed by atoms with Crippen LogP contribution in [0.5, 0.6) is 0 Å². The van der Waals surface area contributed by atoms with Crippen LogP contribution in [0, 0.1) is 0 Å². The molecule has 1 unspecified atom stereocenters. The molecule has 14 heavy (non-hydrogen) atoms. The minimum Gasteiger partial charge on any atom is -0.374 e. The number of rotatable bonds is 7. The summed E-state index contributed by atoms with van der Waals surface area (Å²) < 4.78 is 15.6. The normalized spacial score (nSPS) is 13.0. The summed E-state index contributed by atoms with van der Waals surface area (Å²) >= 11 is 1.68. The van der Waals surface area contributed by atoms with Crippen molar-refractivity contribution in [1.82, 2.24) is 0 Å². The van der Waals surface area contributed by atoms with Crippen LogP contribution in [-0.4, -0.2) is 26.6 Å². The third-order valence-electron chi connectivity index (χ3n) is 1.76. The molecule has 1 heterocycles. The Labute approximate surface area is 88.6 Å². The number of thiophene rings is 1. The van der Waals surface area contributed by atoms with E-state index >= 15 is 0 Å². The summed E-state index contributed by atoms with van der Waals surface area (Å²) in [7, 11) is 1.62. The molecule has 0 radical (unpaired) electrons. The summed E-state index contributed by atoms with van der Waals surface area (Å²) in [5, 5.41) is 4.13. The highest BCUT2D eigenvalue weighted by atomic mass is 32.1. The van der Waals surface area contributed by atoms with Crippen LogP contribution in [0.3, 0.4) is 0 Å². The van der Waals surface area contributed by atoms with E-state index < -0.39 is 0 Å². The molecular formula is C10H16O3S. The van der Waals surface area contributed by atoms with Crippen LogP contribution < -0.4 is 0 Å². The molecule has 0 aromatic carbocycles. The molecule has 0 saturated carbocycles. The fraction of sp³-hybridized carbons (Fsp3) is 0.600. The van der Waals surface area contributed by atoms with E-state index in [2.05, 4.69) is 11.4 Å². The van der Waals surface area contributed by atoms with Gasteiger partial charge in [0, 0.05) is 7.11 Å². The Morgan fingerprint density at radius 2 is 2.29 bits per heavy atom. The van der Waals surface area contributed by atoms with Gasteiger partial charge in [0.25, 0.3) is 0 Å².